The molecule has 0 spiro atoms. The summed E-state index contributed by atoms with van der Waals surface area (Å²) in [5.41, 5.74) is 0.890. The molecular weight excluding hydrogens is 296 g/mol. The summed E-state index contributed by atoms with van der Waals surface area (Å²) in [6.07, 6.45) is 0. The topological polar surface area (TPSA) is 38.8 Å². The second-order valence-corrected chi connectivity index (χ2v) is 6.47. The van der Waals surface area contributed by atoms with Crippen LogP contribution in [-0.2, 0) is 15.7 Å². The number of alkyl halides is 2. The summed E-state index contributed by atoms with van der Waals surface area (Å²) in [6.45, 7) is 1.09. The maximum atomic E-state index is 12.6. The fourth-order valence-electron chi connectivity index (χ4n) is 1.71. The summed E-state index contributed by atoms with van der Waals surface area (Å²) in [6, 6.07) is 7.38. The number of rotatable bonds is 5. The van der Waals surface area contributed by atoms with Gasteiger partial charge in [0.15, 0.2) is 0 Å². The summed E-state index contributed by atoms with van der Waals surface area (Å²) < 4.78 is 25.1. The van der Waals surface area contributed by atoms with Gasteiger partial charge in [0.2, 0.25) is 0 Å². The SMILES string of the molecule is O=P1(N(CCCl)CCCl)OCc2ccccc2O1. The fraction of sp³-hybridized carbons (Fsp3) is 0.455. The second kappa shape index (κ2) is 6.27. The van der Waals surface area contributed by atoms with Crippen molar-refractivity contribution in [1.82, 2.24) is 4.67 Å². The summed E-state index contributed by atoms with van der Waals surface area (Å²) in [7, 11) is -3.32. The van der Waals surface area contributed by atoms with Gasteiger partial charge in [0.05, 0.1) is 6.61 Å². The Morgan fingerprint density at radius 2 is 1.89 bits per heavy atom. The molecule has 0 aliphatic carbocycles. The predicted octanol–water partition coefficient (Wildman–Crippen LogP) is 3.48. The van der Waals surface area contributed by atoms with Crippen LogP contribution in [0.2, 0.25) is 0 Å². The molecule has 1 aliphatic heterocycles. The van der Waals surface area contributed by atoms with Crippen LogP contribution in [0.15, 0.2) is 24.3 Å². The first kappa shape index (κ1) is 14.2. The van der Waals surface area contributed by atoms with Crippen LogP contribution in [-0.4, -0.2) is 29.5 Å². The Bertz CT molecular complexity index is 452. The molecule has 7 heteroatoms. The highest BCUT2D eigenvalue weighted by atomic mass is 35.5. The quantitative estimate of drug-likeness (QED) is 0.616. The van der Waals surface area contributed by atoms with Crippen molar-refractivity contribution < 1.29 is 13.6 Å². The molecule has 0 aromatic heterocycles. The van der Waals surface area contributed by atoms with E-state index >= 15 is 0 Å². The van der Waals surface area contributed by atoms with Gasteiger partial charge in [-0.25, -0.2) is 4.57 Å². The molecule has 1 aliphatic rings. The Morgan fingerprint density at radius 3 is 2.56 bits per heavy atom. The lowest BCUT2D eigenvalue weighted by molar-refractivity contribution is 0.185. The van der Waals surface area contributed by atoms with Gasteiger partial charge in [0, 0.05) is 30.4 Å². The predicted molar refractivity (Wildman–Crippen MR) is 72.5 cm³/mol. The normalized spacial score (nSPS) is 22.6. The molecule has 1 heterocycles. The van der Waals surface area contributed by atoms with E-state index in [0.717, 1.165) is 5.56 Å². The number of fused-ring (bicyclic) bond motifs is 1. The molecule has 4 nitrogen and oxygen atoms in total. The summed E-state index contributed by atoms with van der Waals surface area (Å²) in [4.78, 5) is 0. The number of halogens is 2. The molecule has 100 valence electrons. The number of hydrogen-bond donors (Lipinski definition) is 0. The van der Waals surface area contributed by atoms with E-state index in [1.165, 1.54) is 0 Å². The average Bonchev–Trinajstić information content (AvgIpc) is 2.38. The Hall–Kier alpha value is -0.250. The number of para-hydroxylation sites is 1. The van der Waals surface area contributed by atoms with Gasteiger partial charge in [0.1, 0.15) is 5.75 Å². The maximum Gasteiger partial charge on any atom is 0.461 e. The Morgan fingerprint density at radius 1 is 1.22 bits per heavy atom. The van der Waals surface area contributed by atoms with E-state index in [9.17, 15) is 4.57 Å². The number of nitrogens with zero attached hydrogens (tertiary/aromatic N) is 1. The first-order valence-corrected chi connectivity index (χ1v) is 8.15. The Balaban J connectivity index is 2.20. The van der Waals surface area contributed by atoms with Crippen molar-refractivity contribution in [2.75, 3.05) is 24.8 Å². The van der Waals surface area contributed by atoms with E-state index in [0.29, 0.717) is 30.6 Å². The van der Waals surface area contributed by atoms with E-state index in [4.69, 9.17) is 32.2 Å². The highest BCUT2D eigenvalue weighted by molar-refractivity contribution is 7.51. The minimum Gasteiger partial charge on any atom is -0.413 e. The van der Waals surface area contributed by atoms with Crippen LogP contribution in [0.4, 0.5) is 0 Å². The molecule has 0 N–H and O–H groups in total. The zero-order valence-electron chi connectivity index (χ0n) is 9.72. The van der Waals surface area contributed by atoms with Crippen LogP contribution in [0.1, 0.15) is 5.56 Å². The fourth-order valence-corrected chi connectivity index (χ4v) is 4.10. The molecule has 0 bridgehead atoms. The van der Waals surface area contributed by atoms with Gasteiger partial charge in [-0.1, -0.05) is 18.2 Å². The van der Waals surface area contributed by atoms with Crippen LogP contribution in [0.5, 0.6) is 5.75 Å². The highest BCUT2D eigenvalue weighted by Gasteiger charge is 2.38. The van der Waals surface area contributed by atoms with E-state index in [1.807, 2.05) is 18.2 Å². The van der Waals surface area contributed by atoms with Crippen LogP contribution in [0, 0.1) is 0 Å². The van der Waals surface area contributed by atoms with Crippen molar-refractivity contribution in [1.29, 1.82) is 0 Å². The molecule has 1 atom stereocenters. The van der Waals surface area contributed by atoms with Gasteiger partial charge in [0.25, 0.3) is 0 Å². The first-order chi connectivity index (χ1) is 8.69. The van der Waals surface area contributed by atoms with Crippen molar-refractivity contribution in [3.63, 3.8) is 0 Å². The van der Waals surface area contributed by atoms with Crippen LogP contribution >= 0.6 is 30.9 Å². The van der Waals surface area contributed by atoms with E-state index < -0.39 is 7.75 Å². The molecule has 1 aromatic carbocycles. The number of benzene rings is 1. The van der Waals surface area contributed by atoms with Gasteiger partial charge in [-0.15, -0.1) is 23.2 Å². The van der Waals surface area contributed by atoms with Crippen molar-refractivity contribution in [2.45, 2.75) is 6.61 Å². The second-order valence-electron chi connectivity index (χ2n) is 3.77. The van der Waals surface area contributed by atoms with E-state index in [2.05, 4.69) is 0 Å². The zero-order chi connectivity index (χ0) is 13.0. The third kappa shape index (κ3) is 3.01. The van der Waals surface area contributed by atoms with Crippen molar-refractivity contribution in [3.8, 4) is 5.75 Å². The van der Waals surface area contributed by atoms with Crippen LogP contribution in [0.3, 0.4) is 0 Å². The molecule has 2 rings (SSSR count). The van der Waals surface area contributed by atoms with Gasteiger partial charge in [-0.05, 0) is 6.07 Å². The minimum atomic E-state index is -3.32. The number of hydrogen-bond acceptors (Lipinski definition) is 3. The molecule has 18 heavy (non-hydrogen) atoms. The van der Waals surface area contributed by atoms with Crippen LogP contribution < -0.4 is 4.52 Å². The highest BCUT2D eigenvalue weighted by Crippen LogP contribution is 2.56. The molecule has 0 fully saturated rings. The largest absolute Gasteiger partial charge is 0.461 e. The monoisotopic (exact) mass is 309 g/mol. The van der Waals surface area contributed by atoms with E-state index in [1.54, 1.807) is 10.7 Å². The van der Waals surface area contributed by atoms with Crippen molar-refractivity contribution in [3.05, 3.63) is 29.8 Å². The standard InChI is InChI=1S/C11H14Cl2NO3P/c12-5-7-14(8-6-13)18(15)16-9-10-3-1-2-4-11(10)17-18/h1-4H,5-9H2. The molecule has 0 saturated carbocycles. The third-order valence-electron chi connectivity index (χ3n) is 2.60. The third-order valence-corrected chi connectivity index (χ3v) is 4.91. The molecule has 1 unspecified atom stereocenters. The van der Waals surface area contributed by atoms with Gasteiger partial charge < -0.3 is 4.52 Å². The lowest BCUT2D eigenvalue weighted by atomic mass is 10.2. The Kier molecular flexibility index (Phi) is 4.93. The van der Waals surface area contributed by atoms with Crippen molar-refractivity contribution >= 4 is 30.9 Å². The first-order valence-electron chi connectivity index (χ1n) is 5.59. The summed E-state index contributed by atoms with van der Waals surface area (Å²) in [5.74, 6) is 1.28. The molecule has 0 radical (unpaired) electrons. The lowest BCUT2D eigenvalue weighted by Crippen LogP contribution is -2.29. The minimum absolute atomic E-state index is 0.272. The van der Waals surface area contributed by atoms with Crippen molar-refractivity contribution in [2.24, 2.45) is 0 Å². The van der Waals surface area contributed by atoms with Gasteiger partial charge >= 0.3 is 7.75 Å². The molecule has 0 amide bonds. The summed E-state index contributed by atoms with van der Waals surface area (Å²) >= 11 is 11.4. The van der Waals surface area contributed by atoms with Crippen LogP contribution in [0.25, 0.3) is 0 Å². The lowest BCUT2D eigenvalue weighted by Gasteiger charge is -2.32. The van der Waals surface area contributed by atoms with Gasteiger partial charge in [-0.3, -0.25) is 4.52 Å². The van der Waals surface area contributed by atoms with Gasteiger partial charge in [-0.2, -0.15) is 4.67 Å². The zero-order valence-corrected chi connectivity index (χ0v) is 12.1. The molecule has 0 saturated heterocycles. The average molecular weight is 310 g/mol. The molecule has 1 aromatic rings. The molecular formula is C11H14Cl2NO3P. The van der Waals surface area contributed by atoms with E-state index in [-0.39, 0.29) is 6.61 Å². The summed E-state index contributed by atoms with van der Waals surface area (Å²) in [5, 5.41) is 0. The Labute approximate surface area is 116 Å². The maximum absolute atomic E-state index is 12.6. The smallest absolute Gasteiger partial charge is 0.413 e.